The van der Waals surface area contributed by atoms with Crippen LogP contribution in [-0.2, 0) is 6.42 Å². The molecule has 0 saturated carbocycles. The summed E-state index contributed by atoms with van der Waals surface area (Å²) in [7, 11) is 3.81. The van der Waals surface area contributed by atoms with Gasteiger partial charge in [-0.3, -0.25) is 4.99 Å². The zero-order valence-electron chi connectivity index (χ0n) is 19.2. The Labute approximate surface area is 177 Å². The summed E-state index contributed by atoms with van der Waals surface area (Å²) in [5.41, 5.74) is 7.94. The quantitative estimate of drug-likeness (QED) is 0.436. The van der Waals surface area contributed by atoms with Gasteiger partial charge in [0.05, 0.1) is 17.5 Å². The van der Waals surface area contributed by atoms with Crippen molar-refractivity contribution in [3.8, 4) is 0 Å². The lowest BCUT2D eigenvalue weighted by Gasteiger charge is -2.29. The Morgan fingerprint density at radius 3 is 2.59 bits per heavy atom. The standard InChI is InChI=1S/C25H38N4/c1-9-18(5)20-14-15-22-21(16-20)12-11-13-23(22)27-19(6)25(26-7)24(17(3)4)28-29(8)10-2/h14-17,23,27H,5-6,9-13H2,1-4,7-8H3/b26-25?,28-24+/t23-/m0/s1. The van der Waals surface area contributed by atoms with Gasteiger partial charge in [0.15, 0.2) is 0 Å². The first kappa shape index (κ1) is 22.9. The number of benzene rings is 1. The topological polar surface area (TPSA) is 40.0 Å². The van der Waals surface area contributed by atoms with Crippen LogP contribution in [0.25, 0.3) is 5.57 Å². The number of aryl methyl sites for hydroxylation is 1. The number of aliphatic imine (C=N–C) groups is 1. The monoisotopic (exact) mass is 394 g/mol. The number of hydrogen-bond acceptors (Lipinski definition) is 4. The maximum Gasteiger partial charge on any atom is 0.103 e. The molecule has 1 aliphatic carbocycles. The number of rotatable bonds is 9. The van der Waals surface area contributed by atoms with Crippen molar-refractivity contribution in [3.05, 3.63) is 53.7 Å². The van der Waals surface area contributed by atoms with Crippen LogP contribution in [0.3, 0.4) is 0 Å². The fraction of sp³-hybridized carbons (Fsp3) is 0.520. The molecule has 1 atom stereocenters. The molecule has 158 valence electrons. The largest absolute Gasteiger partial charge is 0.377 e. The summed E-state index contributed by atoms with van der Waals surface area (Å²) >= 11 is 0. The highest BCUT2D eigenvalue weighted by atomic mass is 15.4. The van der Waals surface area contributed by atoms with Gasteiger partial charge in [-0.25, -0.2) is 0 Å². The van der Waals surface area contributed by atoms with E-state index in [1.54, 1.807) is 0 Å². The summed E-state index contributed by atoms with van der Waals surface area (Å²) in [6.45, 7) is 17.9. The molecule has 0 bridgehead atoms. The van der Waals surface area contributed by atoms with Crippen LogP contribution >= 0.6 is 0 Å². The Morgan fingerprint density at radius 1 is 1.28 bits per heavy atom. The number of nitrogens with one attached hydrogen (secondary N) is 1. The molecule has 0 aliphatic heterocycles. The second-order valence-corrected chi connectivity index (χ2v) is 8.12. The maximum atomic E-state index is 4.77. The molecule has 0 unspecified atom stereocenters. The van der Waals surface area contributed by atoms with Crippen LogP contribution < -0.4 is 5.32 Å². The van der Waals surface area contributed by atoms with Gasteiger partial charge in [-0.05, 0) is 60.8 Å². The molecule has 1 aromatic carbocycles. The minimum atomic E-state index is 0.254. The van der Waals surface area contributed by atoms with E-state index in [9.17, 15) is 0 Å². The number of fused-ring (bicyclic) bond motifs is 1. The molecule has 0 heterocycles. The Morgan fingerprint density at radius 2 is 2.00 bits per heavy atom. The van der Waals surface area contributed by atoms with Gasteiger partial charge in [0.25, 0.3) is 0 Å². The molecule has 0 aromatic heterocycles. The van der Waals surface area contributed by atoms with Crippen LogP contribution in [0.5, 0.6) is 0 Å². The second kappa shape index (κ2) is 10.4. The van der Waals surface area contributed by atoms with Crippen LogP contribution in [0, 0.1) is 5.92 Å². The molecule has 4 heteroatoms. The zero-order chi connectivity index (χ0) is 21.6. The average Bonchev–Trinajstić information content (AvgIpc) is 2.72. The Hall–Kier alpha value is -2.36. The lowest BCUT2D eigenvalue weighted by atomic mass is 9.85. The SMILES string of the molecule is C=C(N[C@H]1CCCc2cc(C(=C)CC)ccc21)C(=NC)/C(=N/N(C)CC)C(C)C. The third kappa shape index (κ3) is 5.59. The van der Waals surface area contributed by atoms with E-state index >= 15 is 0 Å². The highest BCUT2D eigenvalue weighted by Gasteiger charge is 2.24. The molecular formula is C25H38N4. The summed E-state index contributed by atoms with van der Waals surface area (Å²) < 4.78 is 0. The van der Waals surface area contributed by atoms with Crippen LogP contribution in [0.1, 0.15) is 69.7 Å². The molecule has 1 aromatic rings. The molecule has 0 fully saturated rings. The highest BCUT2D eigenvalue weighted by Crippen LogP contribution is 2.32. The van der Waals surface area contributed by atoms with Gasteiger partial charge < -0.3 is 10.3 Å². The average molecular weight is 395 g/mol. The van der Waals surface area contributed by atoms with Gasteiger partial charge in [-0.15, -0.1) is 0 Å². The van der Waals surface area contributed by atoms with E-state index in [0.29, 0.717) is 0 Å². The van der Waals surface area contributed by atoms with Crippen LogP contribution in [0.15, 0.2) is 47.1 Å². The molecule has 0 radical (unpaired) electrons. The summed E-state index contributed by atoms with van der Waals surface area (Å²) in [5.74, 6) is 0.266. The van der Waals surface area contributed by atoms with Crippen molar-refractivity contribution in [2.75, 3.05) is 20.6 Å². The molecule has 1 N–H and O–H groups in total. The lowest BCUT2D eigenvalue weighted by Crippen LogP contribution is -2.34. The third-order valence-corrected chi connectivity index (χ3v) is 5.68. The van der Waals surface area contributed by atoms with Gasteiger partial charge >= 0.3 is 0 Å². The molecule has 0 spiro atoms. The fourth-order valence-corrected chi connectivity index (χ4v) is 3.76. The number of allylic oxidation sites excluding steroid dienone is 2. The van der Waals surface area contributed by atoms with Gasteiger partial charge in [0, 0.05) is 20.6 Å². The van der Waals surface area contributed by atoms with E-state index in [4.69, 9.17) is 5.10 Å². The van der Waals surface area contributed by atoms with Gasteiger partial charge in [-0.2, -0.15) is 5.10 Å². The number of nitrogens with zero attached hydrogens (tertiary/aromatic N) is 3. The van der Waals surface area contributed by atoms with E-state index < -0.39 is 0 Å². The number of hydrazone groups is 1. The van der Waals surface area contributed by atoms with Crippen molar-refractivity contribution in [1.82, 2.24) is 10.3 Å². The Balaban J connectivity index is 2.26. The van der Waals surface area contributed by atoms with Crippen LogP contribution in [0.4, 0.5) is 0 Å². The van der Waals surface area contributed by atoms with Crippen molar-refractivity contribution < 1.29 is 0 Å². The molecule has 29 heavy (non-hydrogen) atoms. The third-order valence-electron chi connectivity index (χ3n) is 5.68. The minimum Gasteiger partial charge on any atom is -0.377 e. The van der Waals surface area contributed by atoms with E-state index in [1.165, 1.54) is 28.7 Å². The normalized spacial score (nSPS) is 17.1. The Bertz CT molecular complexity index is 801. The summed E-state index contributed by atoms with van der Waals surface area (Å²) in [5, 5.41) is 10.4. The number of hydrogen-bond donors (Lipinski definition) is 1. The fourth-order valence-electron chi connectivity index (χ4n) is 3.76. The second-order valence-electron chi connectivity index (χ2n) is 8.12. The molecule has 2 rings (SSSR count). The van der Waals surface area contributed by atoms with Crippen LogP contribution in [-0.4, -0.2) is 37.1 Å². The summed E-state index contributed by atoms with van der Waals surface area (Å²) in [6.07, 6.45) is 4.37. The molecule has 0 saturated heterocycles. The minimum absolute atomic E-state index is 0.254. The Kier molecular flexibility index (Phi) is 8.24. The smallest absolute Gasteiger partial charge is 0.103 e. The van der Waals surface area contributed by atoms with E-state index in [0.717, 1.165) is 42.9 Å². The first-order chi connectivity index (χ1) is 13.8. The van der Waals surface area contributed by atoms with Gasteiger partial charge in [0.2, 0.25) is 0 Å². The lowest BCUT2D eigenvalue weighted by molar-refractivity contribution is 0.373. The first-order valence-corrected chi connectivity index (χ1v) is 10.9. The van der Waals surface area contributed by atoms with E-state index in [-0.39, 0.29) is 12.0 Å². The van der Waals surface area contributed by atoms with Crippen molar-refractivity contribution in [2.45, 2.75) is 59.4 Å². The zero-order valence-corrected chi connectivity index (χ0v) is 19.2. The van der Waals surface area contributed by atoms with Gasteiger partial charge in [0.1, 0.15) is 5.71 Å². The summed E-state index contributed by atoms with van der Waals surface area (Å²) in [6, 6.07) is 7.05. The van der Waals surface area contributed by atoms with Gasteiger partial charge in [-0.1, -0.05) is 52.1 Å². The van der Waals surface area contributed by atoms with Crippen LogP contribution in [0.2, 0.25) is 0 Å². The van der Waals surface area contributed by atoms with Crippen molar-refractivity contribution in [1.29, 1.82) is 0 Å². The first-order valence-electron chi connectivity index (χ1n) is 10.9. The maximum absolute atomic E-state index is 4.77. The van der Waals surface area contributed by atoms with E-state index in [1.807, 2.05) is 19.1 Å². The van der Waals surface area contributed by atoms with Crippen molar-refractivity contribution >= 4 is 17.0 Å². The van der Waals surface area contributed by atoms with Crippen molar-refractivity contribution in [3.63, 3.8) is 0 Å². The highest BCUT2D eigenvalue weighted by molar-refractivity contribution is 6.48. The molecular weight excluding hydrogens is 356 g/mol. The predicted octanol–water partition coefficient (Wildman–Crippen LogP) is 5.63. The van der Waals surface area contributed by atoms with E-state index in [2.05, 4.69) is 69.4 Å². The van der Waals surface area contributed by atoms with Crippen molar-refractivity contribution in [2.24, 2.45) is 16.0 Å². The molecule has 4 nitrogen and oxygen atoms in total. The summed E-state index contributed by atoms with van der Waals surface area (Å²) in [4.78, 5) is 4.55. The predicted molar refractivity (Wildman–Crippen MR) is 128 cm³/mol. The molecule has 0 amide bonds. The molecule has 1 aliphatic rings.